The molecule has 17 nitrogen and oxygen atoms in total. The number of aliphatic hydroxyl groups excluding tert-OH is 3. The second-order valence-corrected chi connectivity index (χ2v) is 9.45. The summed E-state index contributed by atoms with van der Waals surface area (Å²) in [5.74, 6) is -2.11. The summed E-state index contributed by atoms with van der Waals surface area (Å²) < 4.78 is 0. The number of hydrogen-bond donors (Lipinski definition) is 10. The Kier molecular flexibility index (Phi) is 19.3. The molecule has 0 aromatic heterocycles. The Balaban J connectivity index is 5.45. The van der Waals surface area contributed by atoms with Gasteiger partial charge in [-0.25, -0.2) is 0 Å². The molecule has 40 heavy (non-hydrogen) atoms. The van der Waals surface area contributed by atoms with Crippen LogP contribution in [-0.2, 0) is 19.2 Å². The predicted octanol–water partition coefficient (Wildman–Crippen LogP) is -2.97. The Hall–Kier alpha value is -2.32. The summed E-state index contributed by atoms with van der Waals surface area (Å²) >= 11 is 0. The van der Waals surface area contributed by atoms with E-state index in [-0.39, 0.29) is 64.7 Å². The highest BCUT2D eigenvalue weighted by molar-refractivity contribution is 5.93. The minimum absolute atomic E-state index is 0.00433. The van der Waals surface area contributed by atoms with Crippen LogP contribution in [0.3, 0.4) is 0 Å². The molecule has 0 saturated heterocycles. The van der Waals surface area contributed by atoms with E-state index >= 15 is 0 Å². The zero-order chi connectivity index (χ0) is 30.8. The number of rotatable bonds is 22. The summed E-state index contributed by atoms with van der Waals surface area (Å²) in [5, 5.41) is 66.4. The molecule has 0 rings (SSSR count). The number of aldehydes is 1. The van der Waals surface area contributed by atoms with Gasteiger partial charge in [-0.05, 0) is 59.3 Å². The molecule has 6 atom stereocenters. The molecule has 11 N–H and O–H groups in total. The minimum atomic E-state index is -1.19. The zero-order valence-corrected chi connectivity index (χ0v) is 23.3. The van der Waals surface area contributed by atoms with Crippen molar-refractivity contribution >= 4 is 24.0 Å². The fraction of sp³-hybridized carbons (Fsp3) is 0.826. The van der Waals surface area contributed by atoms with Crippen LogP contribution in [0, 0.1) is 0 Å². The van der Waals surface area contributed by atoms with Crippen molar-refractivity contribution in [1.82, 2.24) is 31.1 Å². The Morgan fingerprint density at radius 3 is 1.48 bits per heavy atom. The van der Waals surface area contributed by atoms with Crippen molar-refractivity contribution in [1.29, 1.82) is 0 Å². The lowest BCUT2D eigenvalue weighted by molar-refractivity contribution is -0.189. The average Bonchev–Trinajstić information content (AvgIpc) is 2.89. The number of aliphatic hydroxyl groups is 3. The Morgan fingerprint density at radius 1 is 0.700 bits per heavy atom. The van der Waals surface area contributed by atoms with Crippen LogP contribution >= 0.6 is 0 Å². The fourth-order valence-corrected chi connectivity index (χ4v) is 3.43. The number of carbonyl (C=O) groups is 4. The molecule has 0 aliphatic heterocycles. The molecule has 234 valence electrons. The van der Waals surface area contributed by atoms with Crippen LogP contribution in [0.25, 0.3) is 0 Å². The van der Waals surface area contributed by atoms with Crippen molar-refractivity contribution in [3.05, 3.63) is 0 Å². The summed E-state index contributed by atoms with van der Waals surface area (Å²) in [5.41, 5.74) is 5.93. The number of carbonyl (C=O) groups excluding carboxylic acids is 4. The van der Waals surface area contributed by atoms with Gasteiger partial charge in [0.2, 0.25) is 17.7 Å². The molecule has 0 aromatic rings. The first-order chi connectivity index (χ1) is 18.7. The molecule has 0 radical (unpaired) electrons. The standard InChI is InChI=1S/C23H47N7O10/c1-15(32)28(38)11-4-7-18(24)21(35)26-20(9-6-13-30(40)17(3)34)23(37)27-19(22(36)25-10-14-31)8-5-12-29(39)16(2)33/h14-20,32-34,38-40H,4-13,24H2,1-3H3,(H,25,36)(H,26,35)(H,27,37)/t15?,16?,17?,18-,19-,20-/m0/s1. The van der Waals surface area contributed by atoms with E-state index < -0.39 is 54.5 Å². The zero-order valence-electron chi connectivity index (χ0n) is 23.3. The van der Waals surface area contributed by atoms with Crippen LogP contribution in [0.5, 0.6) is 0 Å². The van der Waals surface area contributed by atoms with Crippen molar-refractivity contribution in [2.75, 3.05) is 26.2 Å². The molecule has 3 unspecified atom stereocenters. The molecular formula is C23H47N7O10. The first kappa shape index (κ1) is 37.7. The molecule has 0 saturated carbocycles. The maximum Gasteiger partial charge on any atom is 0.243 e. The topological polar surface area (TPSA) is 261 Å². The van der Waals surface area contributed by atoms with Gasteiger partial charge in [-0.3, -0.25) is 14.4 Å². The second-order valence-electron chi connectivity index (χ2n) is 9.45. The van der Waals surface area contributed by atoms with E-state index in [4.69, 9.17) is 5.73 Å². The molecule has 0 spiro atoms. The van der Waals surface area contributed by atoms with Crippen LogP contribution in [0.1, 0.15) is 59.3 Å². The molecule has 3 amide bonds. The summed E-state index contributed by atoms with van der Waals surface area (Å²) in [6.07, 6.45) is -2.24. The van der Waals surface area contributed by atoms with Crippen LogP contribution in [0.15, 0.2) is 0 Å². The molecule has 0 heterocycles. The minimum Gasteiger partial charge on any atom is -0.377 e. The highest BCUT2D eigenvalue weighted by Crippen LogP contribution is 2.07. The van der Waals surface area contributed by atoms with E-state index in [1.165, 1.54) is 20.8 Å². The number of nitrogens with zero attached hydrogens (tertiary/aromatic N) is 3. The first-order valence-electron chi connectivity index (χ1n) is 13.2. The van der Waals surface area contributed by atoms with Crippen LogP contribution in [0.4, 0.5) is 0 Å². The van der Waals surface area contributed by atoms with E-state index in [2.05, 4.69) is 16.0 Å². The molecule has 0 bridgehead atoms. The van der Waals surface area contributed by atoms with Gasteiger partial charge < -0.3 is 57.4 Å². The summed E-state index contributed by atoms with van der Waals surface area (Å²) in [6, 6.07) is -3.40. The van der Waals surface area contributed by atoms with Gasteiger partial charge in [0.25, 0.3) is 0 Å². The van der Waals surface area contributed by atoms with Gasteiger partial charge in [0, 0.05) is 19.6 Å². The van der Waals surface area contributed by atoms with Gasteiger partial charge in [-0.1, -0.05) is 0 Å². The van der Waals surface area contributed by atoms with Crippen molar-refractivity contribution in [2.24, 2.45) is 5.73 Å². The first-order valence-corrected chi connectivity index (χ1v) is 13.2. The molecule has 0 aliphatic carbocycles. The van der Waals surface area contributed by atoms with Crippen molar-refractivity contribution in [2.45, 2.75) is 96.1 Å². The Morgan fingerprint density at radius 2 is 1.07 bits per heavy atom. The van der Waals surface area contributed by atoms with E-state index in [9.17, 15) is 50.1 Å². The lowest BCUT2D eigenvalue weighted by Gasteiger charge is -2.25. The summed E-state index contributed by atoms with van der Waals surface area (Å²) in [6.45, 7) is 3.73. The third-order valence-electron chi connectivity index (χ3n) is 5.92. The van der Waals surface area contributed by atoms with Gasteiger partial charge in [0.1, 0.15) is 37.1 Å². The summed E-state index contributed by atoms with van der Waals surface area (Å²) in [4.78, 5) is 49.2. The SMILES string of the molecule is CC(O)N(O)CCC[C@H](NC(=O)[C@H](CCCN(O)C(C)O)NC(=O)[C@@H](N)CCCN(O)C(C)O)C(=O)NCC=O. The third-order valence-corrected chi connectivity index (χ3v) is 5.92. The number of hydrogen-bond acceptors (Lipinski definition) is 14. The third kappa shape index (κ3) is 16.1. The normalized spacial score (nSPS) is 16.2. The monoisotopic (exact) mass is 581 g/mol. The van der Waals surface area contributed by atoms with Crippen molar-refractivity contribution in [3.63, 3.8) is 0 Å². The quantitative estimate of drug-likeness (QED) is 0.0348. The fourth-order valence-electron chi connectivity index (χ4n) is 3.43. The van der Waals surface area contributed by atoms with Gasteiger partial charge in [-0.2, -0.15) is 15.2 Å². The molecule has 0 aromatic carbocycles. The van der Waals surface area contributed by atoms with Gasteiger partial charge >= 0.3 is 0 Å². The highest BCUT2D eigenvalue weighted by atomic mass is 16.5. The number of hydroxylamine groups is 6. The van der Waals surface area contributed by atoms with Crippen LogP contribution in [-0.4, -0.2) is 133 Å². The van der Waals surface area contributed by atoms with Crippen molar-refractivity contribution < 1.29 is 50.1 Å². The maximum atomic E-state index is 13.2. The number of nitrogens with one attached hydrogen (secondary N) is 3. The van der Waals surface area contributed by atoms with E-state index in [1.807, 2.05) is 0 Å². The smallest absolute Gasteiger partial charge is 0.243 e. The van der Waals surface area contributed by atoms with E-state index in [0.717, 1.165) is 0 Å². The molecular weight excluding hydrogens is 534 g/mol. The average molecular weight is 582 g/mol. The molecule has 0 aliphatic rings. The van der Waals surface area contributed by atoms with Gasteiger partial charge in [0.15, 0.2) is 0 Å². The largest absolute Gasteiger partial charge is 0.377 e. The van der Waals surface area contributed by atoms with E-state index in [1.54, 1.807) is 0 Å². The summed E-state index contributed by atoms with van der Waals surface area (Å²) in [7, 11) is 0. The lowest BCUT2D eigenvalue weighted by Crippen LogP contribution is -2.56. The van der Waals surface area contributed by atoms with E-state index in [0.29, 0.717) is 21.5 Å². The Labute approximate surface area is 233 Å². The Bertz CT molecular complexity index is 760. The molecule has 0 fully saturated rings. The van der Waals surface area contributed by atoms with Crippen LogP contribution < -0.4 is 21.7 Å². The van der Waals surface area contributed by atoms with Crippen molar-refractivity contribution in [3.8, 4) is 0 Å². The maximum absolute atomic E-state index is 13.2. The highest BCUT2D eigenvalue weighted by Gasteiger charge is 2.28. The van der Waals surface area contributed by atoms with Crippen LogP contribution in [0.2, 0.25) is 0 Å². The molecule has 17 heteroatoms. The second kappa shape index (κ2) is 20.5. The lowest BCUT2D eigenvalue weighted by atomic mass is 10.1. The predicted molar refractivity (Wildman–Crippen MR) is 139 cm³/mol. The number of amides is 3. The van der Waals surface area contributed by atoms with Gasteiger partial charge in [-0.15, -0.1) is 0 Å². The number of nitrogens with two attached hydrogens (primary N) is 1. The van der Waals surface area contributed by atoms with Gasteiger partial charge in [0.05, 0.1) is 12.6 Å².